The van der Waals surface area contributed by atoms with Gasteiger partial charge in [0.15, 0.2) is 0 Å². The number of carbonyl (C=O) groups excluding carboxylic acids is 2. The molecule has 0 saturated carbocycles. The van der Waals surface area contributed by atoms with E-state index in [0.717, 1.165) is 23.4 Å². The molecule has 27 heavy (non-hydrogen) atoms. The van der Waals surface area contributed by atoms with Crippen LogP contribution in [0.25, 0.3) is 0 Å². The third-order valence-electron chi connectivity index (χ3n) is 4.65. The van der Waals surface area contributed by atoms with Crippen molar-refractivity contribution < 1.29 is 14.3 Å². The summed E-state index contributed by atoms with van der Waals surface area (Å²) in [6, 6.07) is 9.12. The lowest BCUT2D eigenvalue weighted by atomic mass is 10.1. The Morgan fingerprint density at radius 2 is 2.07 bits per heavy atom. The second kappa shape index (κ2) is 8.24. The van der Waals surface area contributed by atoms with Gasteiger partial charge < -0.3 is 10.1 Å². The minimum absolute atomic E-state index is 0.0448. The first-order chi connectivity index (χ1) is 13.0. The Morgan fingerprint density at radius 3 is 2.78 bits per heavy atom. The minimum Gasteiger partial charge on any atom is -0.494 e. The molecule has 1 aliphatic rings. The van der Waals surface area contributed by atoms with Crippen molar-refractivity contribution in [2.45, 2.75) is 46.2 Å². The number of hydrogen-bond donors (Lipinski definition) is 1. The van der Waals surface area contributed by atoms with Crippen LogP contribution in [0.2, 0.25) is 0 Å². The highest BCUT2D eigenvalue weighted by Crippen LogP contribution is 2.24. The highest BCUT2D eigenvalue weighted by molar-refractivity contribution is 6.00. The van der Waals surface area contributed by atoms with Crippen LogP contribution in [0.3, 0.4) is 0 Å². The standard InChI is InChI=1S/C20H26N4O3/c1-4-27-17-7-5-16(6-8-17)9-11-21-20(26)15(3)24-18-13-14(2)22-23(18)12-10-19(24)25/h5-8,13,15H,4,9-12H2,1-3H3,(H,21,26)/t15-/m1/s1. The number of rotatable bonds is 7. The Labute approximate surface area is 159 Å². The molecule has 3 rings (SSSR count). The van der Waals surface area contributed by atoms with Gasteiger partial charge in [-0.1, -0.05) is 12.1 Å². The normalized spacial score (nSPS) is 14.6. The summed E-state index contributed by atoms with van der Waals surface area (Å²) in [5, 5.41) is 7.31. The molecule has 0 fully saturated rings. The number of aryl methyl sites for hydroxylation is 2. The molecule has 0 unspecified atom stereocenters. The lowest BCUT2D eigenvalue weighted by molar-refractivity contribution is -0.126. The topological polar surface area (TPSA) is 76.5 Å². The Balaban J connectivity index is 1.57. The van der Waals surface area contributed by atoms with Gasteiger partial charge in [0.25, 0.3) is 0 Å². The van der Waals surface area contributed by atoms with Gasteiger partial charge in [0, 0.05) is 19.0 Å². The van der Waals surface area contributed by atoms with E-state index in [1.165, 1.54) is 0 Å². The fourth-order valence-electron chi connectivity index (χ4n) is 3.27. The lowest BCUT2D eigenvalue weighted by Gasteiger charge is -2.31. The zero-order valence-corrected chi connectivity index (χ0v) is 16.1. The number of benzene rings is 1. The van der Waals surface area contributed by atoms with Crippen molar-refractivity contribution in [2.75, 3.05) is 18.1 Å². The number of ether oxygens (including phenoxy) is 1. The first-order valence-electron chi connectivity index (χ1n) is 9.35. The van der Waals surface area contributed by atoms with Crippen molar-refractivity contribution in [3.05, 3.63) is 41.6 Å². The first-order valence-corrected chi connectivity index (χ1v) is 9.35. The largest absolute Gasteiger partial charge is 0.494 e. The molecular formula is C20H26N4O3. The quantitative estimate of drug-likeness (QED) is 0.810. The summed E-state index contributed by atoms with van der Waals surface area (Å²) in [5.41, 5.74) is 1.96. The predicted octanol–water partition coefficient (Wildman–Crippen LogP) is 2.07. The van der Waals surface area contributed by atoms with Crippen LogP contribution in [0.1, 0.15) is 31.5 Å². The number of nitrogens with one attached hydrogen (secondary N) is 1. The SMILES string of the molecule is CCOc1ccc(CCNC(=O)[C@@H](C)N2C(=O)CCn3nc(C)cc32)cc1. The summed E-state index contributed by atoms with van der Waals surface area (Å²) in [6.07, 6.45) is 1.08. The van der Waals surface area contributed by atoms with E-state index in [-0.39, 0.29) is 11.8 Å². The number of nitrogens with zero attached hydrogens (tertiary/aromatic N) is 3. The molecular weight excluding hydrogens is 344 g/mol. The van der Waals surface area contributed by atoms with Crippen LogP contribution < -0.4 is 15.0 Å². The summed E-state index contributed by atoms with van der Waals surface area (Å²) >= 11 is 0. The zero-order valence-electron chi connectivity index (χ0n) is 16.1. The lowest BCUT2D eigenvalue weighted by Crippen LogP contribution is -2.51. The Hall–Kier alpha value is -2.83. The summed E-state index contributed by atoms with van der Waals surface area (Å²) in [6.45, 7) is 7.30. The molecule has 2 aromatic rings. The van der Waals surface area contributed by atoms with Gasteiger partial charge in [-0.15, -0.1) is 0 Å². The molecule has 0 bridgehead atoms. The van der Waals surface area contributed by atoms with Crippen LogP contribution >= 0.6 is 0 Å². The maximum atomic E-state index is 12.6. The van der Waals surface area contributed by atoms with E-state index < -0.39 is 6.04 Å². The van der Waals surface area contributed by atoms with Crippen LogP contribution in [-0.2, 0) is 22.6 Å². The highest BCUT2D eigenvalue weighted by Gasteiger charge is 2.32. The van der Waals surface area contributed by atoms with Crippen molar-refractivity contribution in [1.82, 2.24) is 15.1 Å². The van der Waals surface area contributed by atoms with Gasteiger partial charge in [0.2, 0.25) is 11.8 Å². The number of fused-ring (bicyclic) bond motifs is 1. The molecule has 0 saturated heterocycles. The van der Waals surface area contributed by atoms with Gasteiger partial charge >= 0.3 is 0 Å². The molecule has 1 N–H and O–H groups in total. The summed E-state index contributed by atoms with van der Waals surface area (Å²) in [5.74, 6) is 1.32. The Bertz CT molecular complexity index is 813. The number of amides is 2. The summed E-state index contributed by atoms with van der Waals surface area (Å²) in [7, 11) is 0. The summed E-state index contributed by atoms with van der Waals surface area (Å²) < 4.78 is 7.22. The van der Waals surface area contributed by atoms with Gasteiger partial charge in [0.1, 0.15) is 17.6 Å². The second-order valence-electron chi connectivity index (χ2n) is 6.67. The number of carbonyl (C=O) groups is 2. The van der Waals surface area contributed by atoms with E-state index in [4.69, 9.17) is 4.74 Å². The van der Waals surface area contributed by atoms with Crippen molar-refractivity contribution in [3.8, 4) is 5.75 Å². The van der Waals surface area contributed by atoms with Crippen LogP contribution in [-0.4, -0.2) is 40.8 Å². The van der Waals surface area contributed by atoms with Gasteiger partial charge in [-0.25, -0.2) is 4.68 Å². The average molecular weight is 370 g/mol. The van der Waals surface area contributed by atoms with Crippen molar-refractivity contribution in [3.63, 3.8) is 0 Å². The molecule has 7 nitrogen and oxygen atoms in total. The molecule has 1 aliphatic heterocycles. The monoisotopic (exact) mass is 370 g/mol. The van der Waals surface area contributed by atoms with Crippen molar-refractivity contribution in [2.24, 2.45) is 0 Å². The fraction of sp³-hybridized carbons (Fsp3) is 0.450. The third kappa shape index (κ3) is 4.30. The van der Waals surface area contributed by atoms with Crippen molar-refractivity contribution in [1.29, 1.82) is 0 Å². The van der Waals surface area contributed by atoms with Gasteiger partial charge in [-0.3, -0.25) is 14.5 Å². The van der Waals surface area contributed by atoms with E-state index in [0.29, 0.717) is 31.9 Å². The average Bonchev–Trinajstić information content (AvgIpc) is 3.03. The predicted molar refractivity (Wildman–Crippen MR) is 103 cm³/mol. The molecule has 0 radical (unpaired) electrons. The molecule has 1 atom stereocenters. The number of aromatic nitrogens is 2. The van der Waals surface area contributed by atoms with E-state index >= 15 is 0 Å². The second-order valence-corrected chi connectivity index (χ2v) is 6.67. The van der Waals surface area contributed by atoms with E-state index in [2.05, 4.69) is 10.4 Å². The number of hydrogen-bond acceptors (Lipinski definition) is 4. The van der Waals surface area contributed by atoms with Crippen molar-refractivity contribution >= 4 is 17.6 Å². The van der Waals surface area contributed by atoms with E-state index in [1.807, 2.05) is 44.2 Å². The molecule has 2 heterocycles. The highest BCUT2D eigenvalue weighted by atomic mass is 16.5. The molecule has 144 valence electrons. The van der Waals surface area contributed by atoms with E-state index in [9.17, 15) is 9.59 Å². The minimum atomic E-state index is -0.576. The van der Waals surface area contributed by atoms with Gasteiger partial charge in [-0.2, -0.15) is 5.10 Å². The summed E-state index contributed by atoms with van der Waals surface area (Å²) in [4.78, 5) is 26.5. The molecule has 1 aromatic carbocycles. The maximum Gasteiger partial charge on any atom is 0.242 e. The van der Waals surface area contributed by atoms with E-state index in [1.54, 1.807) is 16.5 Å². The van der Waals surface area contributed by atoms with Crippen LogP contribution in [0.5, 0.6) is 5.75 Å². The maximum absolute atomic E-state index is 12.6. The molecule has 2 amide bonds. The molecule has 0 spiro atoms. The van der Waals surface area contributed by atoms with Gasteiger partial charge in [-0.05, 0) is 44.9 Å². The first kappa shape index (κ1) is 18.9. The van der Waals surface area contributed by atoms with Crippen LogP contribution in [0.15, 0.2) is 30.3 Å². The zero-order chi connectivity index (χ0) is 19.4. The fourth-order valence-corrected chi connectivity index (χ4v) is 3.27. The smallest absolute Gasteiger partial charge is 0.242 e. The molecule has 7 heteroatoms. The Kier molecular flexibility index (Phi) is 5.78. The molecule has 1 aromatic heterocycles. The van der Waals surface area contributed by atoms with Gasteiger partial charge in [0.05, 0.1) is 18.8 Å². The van der Waals surface area contributed by atoms with Crippen LogP contribution in [0, 0.1) is 6.92 Å². The third-order valence-corrected chi connectivity index (χ3v) is 4.65. The molecule has 0 aliphatic carbocycles. The Morgan fingerprint density at radius 1 is 1.33 bits per heavy atom. The number of anilines is 1. The van der Waals surface area contributed by atoms with Crippen LogP contribution in [0.4, 0.5) is 5.82 Å².